The van der Waals surface area contributed by atoms with E-state index in [9.17, 15) is 18.0 Å². The molecule has 0 saturated carbocycles. The fraction of sp³-hybridized carbons (Fsp3) is 0.300. The summed E-state index contributed by atoms with van der Waals surface area (Å²) in [5, 5.41) is 5.59. The number of nitrogens with zero attached hydrogens (tertiary/aromatic N) is 1. The van der Waals surface area contributed by atoms with E-state index < -0.39 is 15.9 Å². The van der Waals surface area contributed by atoms with E-state index >= 15 is 0 Å². The van der Waals surface area contributed by atoms with Crippen LogP contribution in [-0.4, -0.2) is 51.4 Å². The van der Waals surface area contributed by atoms with Crippen LogP contribution < -0.4 is 15.5 Å². The van der Waals surface area contributed by atoms with Gasteiger partial charge in [-0.1, -0.05) is 30.3 Å². The minimum Gasteiger partial charge on any atom is -0.375 e. The Labute approximate surface area is 164 Å². The van der Waals surface area contributed by atoms with E-state index in [1.54, 1.807) is 48.3 Å². The highest BCUT2D eigenvalue weighted by Crippen LogP contribution is 2.25. The Bertz CT molecular complexity index is 960. The molecule has 0 unspecified atom stereocenters. The molecule has 1 atom stereocenters. The zero-order valence-corrected chi connectivity index (χ0v) is 16.4. The normalized spacial score (nSPS) is 17.7. The summed E-state index contributed by atoms with van der Waals surface area (Å²) < 4.78 is 23.9. The average Bonchev–Trinajstić information content (AvgIpc) is 3.06. The third kappa shape index (κ3) is 4.51. The third-order valence-corrected chi connectivity index (χ3v) is 6.46. The van der Waals surface area contributed by atoms with E-state index in [-0.39, 0.29) is 29.9 Å². The minimum absolute atomic E-state index is 0.0392. The first-order chi connectivity index (χ1) is 13.4. The van der Waals surface area contributed by atoms with E-state index in [0.717, 1.165) is 0 Å². The monoisotopic (exact) mass is 401 g/mol. The first kappa shape index (κ1) is 19.9. The van der Waals surface area contributed by atoms with Gasteiger partial charge in [0, 0.05) is 18.4 Å². The van der Waals surface area contributed by atoms with Crippen LogP contribution in [0.3, 0.4) is 0 Å². The number of benzene rings is 2. The van der Waals surface area contributed by atoms with Gasteiger partial charge in [-0.25, -0.2) is 8.42 Å². The van der Waals surface area contributed by atoms with Crippen molar-refractivity contribution in [1.29, 1.82) is 0 Å². The lowest BCUT2D eigenvalue weighted by atomic mass is 10.1. The van der Waals surface area contributed by atoms with Gasteiger partial charge in [-0.3, -0.25) is 9.59 Å². The van der Waals surface area contributed by atoms with E-state index in [4.69, 9.17) is 0 Å². The van der Waals surface area contributed by atoms with Crippen LogP contribution in [0.15, 0.2) is 54.6 Å². The standard InChI is InChI=1S/C20H23N3O4S/c1-21-20(25)17-9-5-6-10-18(17)22-13-19(24)23(15-7-3-2-4-8-15)16-11-12-28(26,27)14-16/h2-10,16,22H,11-14H2,1H3,(H,21,25)/t16-/m1/s1. The maximum Gasteiger partial charge on any atom is 0.253 e. The Morgan fingerprint density at radius 3 is 2.39 bits per heavy atom. The molecule has 28 heavy (non-hydrogen) atoms. The molecule has 0 spiro atoms. The smallest absolute Gasteiger partial charge is 0.253 e. The molecule has 8 heteroatoms. The van der Waals surface area contributed by atoms with Gasteiger partial charge in [0.25, 0.3) is 5.91 Å². The van der Waals surface area contributed by atoms with Crippen LogP contribution in [0.2, 0.25) is 0 Å². The van der Waals surface area contributed by atoms with Gasteiger partial charge < -0.3 is 15.5 Å². The van der Waals surface area contributed by atoms with Gasteiger partial charge in [-0.15, -0.1) is 0 Å². The molecule has 0 aromatic heterocycles. The first-order valence-corrected chi connectivity index (χ1v) is 10.9. The lowest BCUT2D eigenvalue weighted by Gasteiger charge is -2.29. The summed E-state index contributed by atoms with van der Waals surface area (Å²) in [4.78, 5) is 26.6. The zero-order chi connectivity index (χ0) is 20.1. The molecule has 2 amide bonds. The maximum absolute atomic E-state index is 13.0. The number of para-hydroxylation sites is 2. The molecule has 2 aromatic carbocycles. The molecule has 0 bridgehead atoms. The highest BCUT2D eigenvalue weighted by molar-refractivity contribution is 7.91. The summed E-state index contributed by atoms with van der Waals surface area (Å²) in [6.45, 7) is -0.0561. The van der Waals surface area contributed by atoms with Crippen LogP contribution in [0.5, 0.6) is 0 Å². The second-order valence-corrected chi connectivity index (χ2v) is 8.86. The fourth-order valence-corrected chi connectivity index (χ4v) is 5.05. The highest BCUT2D eigenvalue weighted by atomic mass is 32.2. The molecular formula is C20H23N3O4S. The van der Waals surface area contributed by atoms with Gasteiger partial charge in [0.2, 0.25) is 5.91 Å². The number of amides is 2. The van der Waals surface area contributed by atoms with Crippen molar-refractivity contribution in [2.75, 3.05) is 35.3 Å². The second kappa shape index (κ2) is 8.43. The molecule has 7 nitrogen and oxygen atoms in total. The highest BCUT2D eigenvalue weighted by Gasteiger charge is 2.35. The lowest BCUT2D eigenvalue weighted by molar-refractivity contribution is -0.117. The van der Waals surface area contributed by atoms with Crippen molar-refractivity contribution in [2.24, 2.45) is 0 Å². The van der Waals surface area contributed by atoms with Crippen molar-refractivity contribution in [2.45, 2.75) is 12.5 Å². The first-order valence-electron chi connectivity index (χ1n) is 9.04. The van der Waals surface area contributed by atoms with Gasteiger partial charge in [-0.2, -0.15) is 0 Å². The Balaban J connectivity index is 1.81. The number of anilines is 2. The SMILES string of the molecule is CNC(=O)c1ccccc1NCC(=O)N(c1ccccc1)[C@@H]1CCS(=O)(=O)C1. The topological polar surface area (TPSA) is 95.6 Å². The van der Waals surface area contributed by atoms with Crippen LogP contribution >= 0.6 is 0 Å². The van der Waals surface area contributed by atoms with Crippen LogP contribution in [-0.2, 0) is 14.6 Å². The largest absolute Gasteiger partial charge is 0.375 e. The molecule has 2 aromatic rings. The summed E-state index contributed by atoms with van der Waals surface area (Å²) in [7, 11) is -1.59. The lowest BCUT2D eigenvalue weighted by Crippen LogP contribution is -2.44. The number of hydrogen-bond donors (Lipinski definition) is 2. The van der Waals surface area contributed by atoms with Gasteiger partial charge in [0.05, 0.1) is 29.7 Å². The van der Waals surface area contributed by atoms with E-state index in [1.165, 1.54) is 0 Å². The van der Waals surface area contributed by atoms with Gasteiger partial charge in [0.15, 0.2) is 9.84 Å². The van der Waals surface area contributed by atoms with Crippen LogP contribution in [0.25, 0.3) is 0 Å². The third-order valence-electron chi connectivity index (χ3n) is 4.71. The Kier molecular flexibility index (Phi) is 5.99. The predicted octanol–water partition coefficient (Wildman–Crippen LogP) is 1.68. The Hall–Kier alpha value is -2.87. The molecular weight excluding hydrogens is 378 g/mol. The molecule has 1 heterocycles. The molecule has 1 fully saturated rings. The second-order valence-electron chi connectivity index (χ2n) is 6.63. The van der Waals surface area contributed by atoms with Crippen LogP contribution in [0, 0.1) is 0 Å². The van der Waals surface area contributed by atoms with Crippen molar-refractivity contribution >= 4 is 33.0 Å². The summed E-state index contributed by atoms with van der Waals surface area (Å²) in [5.74, 6) is -0.457. The van der Waals surface area contributed by atoms with E-state index in [2.05, 4.69) is 10.6 Å². The number of rotatable bonds is 6. The number of carbonyl (C=O) groups excluding carboxylic acids is 2. The summed E-state index contributed by atoms with van der Waals surface area (Å²) >= 11 is 0. The number of carbonyl (C=O) groups is 2. The summed E-state index contributed by atoms with van der Waals surface area (Å²) in [6.07, 6.45) is 0.414. The van der Waals surface area contributed by atoms with Crippen molar-refractivity contribution in [3.8, 4) is 0 Å². The fourth-order valence-electron chi connectivity index (χ4n) is 3.35. The van der Waals surface area contributed by atoms with Crippen LogP contribution in [0.4, 0.5) is 11.4 Å². The average molecular weight is 401 g/mol. The van der Waals surface area contributed by atoms with Gasteiger partial charge >= 0.3 is 0 Å². The Morgan fingerprint density at radius 2 is 1.75 bits per heavy atom. The van der Waals surface area contributed by atoms with Crippen molar-refractivity contribution < 1.29 is 18.0 Å². The number of nitrogens with one attached hydrogen (secondary N) is 2. The van der Waals surface area contributed by atoms with Crippen LogP contribution in [0.1, 0.15) is 16.8 Å². The quantitative estimate of drug-likeness (QED) is 0.768. The number of hydrogen-bond acceptors (Lipinski definition) is 5. The molecule has 1 saturated heterocycles. The van der Waals surface area contributed by atoms with Crippen molar-refractivity contribution in [1.82, 2.24) is 5.32 Å². The summed E-state index contributed by atoms with van der Waals surface area (Å²) in [5.41, 5.74) is 1.64. The Morgan fingerprint density at radius 1 is 1.07 bits per heavy atom. The number of sulfone groups is 1. The molecule has 2 N–H and O–H groups in total. The predicted molar refractivity (Wildman–Crippen MR) is 109 cm³/mol. The van der Waals surface area contributed by atoms with Gasteiger partial charge in [0.1, 0.15) is 0 Å². The maximum atomic E-state index is 13.0. The molecule has 0 radical (unpaired) electrons. The summed E-state index contributed by atoms with van der Waals surface area (Å²) in [6, 6.07) is 15.6. The minimum atomic E-state index is -3.14. The molecule has 3 rings (SSSR count). The zero-order valence-electron chi connectivity index (χ0n) is 15.6. The molecule has 0 aliphatic carbocycles. The van der Waals surface area contributed by atoms with Crippen molar-refractivity contribution in [3.63, 3.8) is 0 Å². The van der Waals surface area contributed by atoms with E-state index in [1.807, 2.05) is 18.2 Å². The van der Waals surface area contributed by atoms with Crippen molar-refractivity contribution in [3.05, 3.63) is 60.2 Å². The van der Waals surface area contributed by atoms with E-state index in [0.29, 0.717) is 23.4 Å². The van der Waals surface area contributed by atoms with Gasteiger partial charge in [-0.05, 0) is 30.7 Å². The molecule has 1 aliphatic heterocycles. The molecule has 1 aliphatic rings. The molecule has 148 valence electrons.